The summed E-state index contributed by atoms with van der Waals surface area (Å²) in [5.41, 5.74) is 0.751. The molecule has 0 bridgehead atoms. The molecular weight excluding hydrogens is 435 g/mol. The number of rotatable bonds is 3. The van der Waals surface area contributed by atoms with Crippen LogP contribution in [0.3, 0.4) is 0 Å². The van der Waals surface area contributed by atoms with Gasteiger partial charge in [0.1, 0.15) is 10.7 Å². The van der Waals surface area contributed by atoms with Crippen LogP contribution in [-0.2, 0) is 10.0 Å². The van der Waals surface area contributed by atoms with Gasteiger partial charge in [-0.1, -0.05) is 23.7 Å². The van der Waals surface area contributed by atoms with E-state index in [4.69, 9.17) is 11.6 Å². The van der Waals surface area contributed by atoms with Crippen molar-refractivity contribution in [2.24, 2.45) is 0 Å². The van der Waals surface area contributed by atoms with Gasteiger partial charge in [0, 0.05) is 30.9 Å². The number of carbonyl (C=O) groups is 1. The summed E-state index contributed by atoms with van der Waals surface area (Å²) in [6.07, 6.45) is 0. The Morgan fingerprint density at radius 3 is 2.48 bits per heavy atom. The van der Waals surface area contributed by atoms with Gasteiger partial charge in [0.15, 0.2) is 0 Å². The van der Waals surface area contributed by atoms with E-state index in [0.29, 0.717) is 4.88 Å². The molecule has 29 heavy (non-hydrogen) atoms. The Morgan fingerprint density at radius 2 is 1.79 bits per heavy atom. The molecule has 2 heterocycles. The molecule has 1 saturated heterocycles. The Balaban J connectivity index is 1.52. The SMILES string of the molecule is Cc1c(C(=O)N2CCN(S(=O)(=O)c3ccccc3Cl)CC2)sc2ccc(F)cc12. The van der Waals surface area contributed by atoms with Gasteiger partial charge in [0.25, 0.3) is 5.91 Å². The number of nitrogens with zero attached hydrogens (tertiary/aromatic N) is 2. The minimum atomic E-state index is -3.72. The van der Waals surface area contributed by atoms with Gasteiger partial charge in [-0.05, 0) is 48.2 Å². The molecule has 152 valence electrons. The monoisotopic (exact) mass is 452 g/mol. The first kappa shape index (κ1) is 20.3. The maximum Gasteiger partial charge on any atom is 0.264 e. The van der Waals surface area contributed by atoms with Crippen molar-refractivity contribution in [3.8, 4) is 0 Å². The molecule has 9 heteroatoms. The number of amides is 1. The Kier molecular flexibility index (Phi) is 5.37. The molecule has 0 saturated carbocycles. The number of benzene rings is 2. The molecule has 2 aromatic carbocycles. The van der Waals surface area contributed by atoms with Crippen LogP contribution in [0.25, 0.3) is 10.1 Å². The van der Waals surface area contributed by atoms with Crippen molar-refractivity contribution in [2.75, 3.05) is 26.2 Å². The second-order valence-electron chi connectivity index (χ2n) is 6.82. The Morgan fingerprint density at radius 1 is 1.10 bits per heavy atom. The van der Waals surface area contributed by atoms with Gasteiger partial charge < -0.3 is 4.90 Å². The van der Waals surface area contributed by atoms with E-state index in [0.717, 1.165) is 15.6 Å². The van der Waals surface area contributed by atoms with E-state index < -0.39 is 10.0 Å². The normalized spacial score (nSPS) is 15.8. The van der Waals surface area contributed by atoms with Crippen LogP contribution >= 0.6 is 22.9 Å². The van der Waals surface area contributed by atoms with Crippen LogP contribution in [0.2, 0.25) is 5.02 Å². The number of carbonyl (C=O) groups excluding carboxylic acids is 1. The van der Waals surface area contributed by atoms with Crippen molar-refractivity contribution in [1.82, 2.24) is 9.21 Å². The molecule has 1 fully saturated rings. The molecule has 0 atom stereocenters. The standard InChI is InChI=1S/C20H18ClFN2O3S2/c1-13-15-12-14(22)6-7-17(15)28-19(13)20(25)23-8-10-24(11-9-23)29(26,27)18-5-3-2-4-16(18)21/h2-7,12H,8-11H2,1H3. The zero-order valence-corrected chi connectivity index (χ0v) is 18.0. The molecule has 0 aliphatic carbocycles. The van der Waals surface area contributed by atoms with E-state index in [1.807, 2.05) is 6.92 Å². The molecule has 0 N–H and O–H groups in total. The summed E-state index contributed by atoms with van der Waals surface area (Å²) in [5, 5.41) is 0.914. The fraction of sp³-hybridized carbons (Fsp3) is 0.250. The van der Waals surface area contributed by atoms with E-state index in [9.17, 15) is 17.6 Å². The number of fused-ring (bicyclic) bond motifs is 1. The van der Waals surface area contributed by atoms with Gasteiger partial charge in [-0.3, -0.25) is 4.79 Å². The highest BCUT2D eigenvalue weighted by Gasteiger charge is 2.32. The lowest BCUT2D eigenvalue weighted by molar-refractivity contribution is 0.0702. The lowest BCUT2D eigenvalue weighted by Crippen LogP contribution is -2.50. The van der Waals surface area contributed by atoms with Gasteiger partial charge in [0.05, 0.1) is 9.90 Å². The van der Waals surface area contributed by atoms with Gasteiger partial charge in [-0.15, -0.1) is 11.3 Å². The van der Waals surface area contributed by atoms with Crippen molar-refractivity contribution < 1.29 is 17.6 Å². The number of thiophene rings is 1. The molecule has 1 aliphatic heterocycles. The number of halogens is 2. The third-order valence-electron chi connectivity index (χ3n) is 5.07. The number of piperazine rings is 1. The molecule has 1 aliphatic rings. The van der Waals surface area contributed by atoms with Gasteiger partial charge >= 0.3 is 0 Å². The average molecular weight is 453 g/mol. The van der Waals surface area contributed by atoms with Gasteiger partial charge in [0.2, 0.25) is 10.0 Å². The summed E-state index contributed by atoms with van der Waals surface area (Å²) in [5.74, 6) is -0.491. The van der Waals surface area contributed by atoms with Crippen LogP contribution in [-0.4, -0.2) is 49.7 Å². The van der Waals surface area contributed by atoms with E-state index in [1.165, 1.54) is 33.8 Å². The van der Waals surface area contributed by atoms with E-state index >= 15 is 0 Å². The van der Waals surface area contributed by atoms with Crippen molar-refractivity contribution >= 4 is 49.0 Å². The lowest BCUT2D eigenvalue weighted by Gasteiger charge is -2.34. The van der Waals surface area contributed by atoms with Gasteiger partial charge in [-0.2, -0.15) is 4.31 Å². The smallest absolute Gasteiger partial charge is 0.264 e. The summed E-state index contributed by atoms with van der Waals surface area (Å²) < 4.78 is 41.5. The van der Waals surface area contributed by atoms with Crippen molar-refractivity contribution in [3.05, 3.63) is 63.7 Å². The maximum absolute atomic E-state index is 13.5. The van der Waals surface area contributed by atoms with Crippen LogP contribution in [0, 0.1) is 12.7 Å². The summed E-state index contributed by atoms with van der Waals surface area (Å²) in [7, 11) is -3.72. The first-order chi connectivity index (χ1) is 13.8. The molecular formula is C20H18ClFN2O3S2. The summed E-state index contributed by atoms with van der Waals surface area (Å²) in [4.78, 5) is 15.3. The van der Waals surface area contributed by atoms with Crippen LogP contribution in [0.5, 0.6) is 0 Å². The van der Waals surface area contributed by atoms with Gasteiger partial charge in [-0.25, -0.2) is 12.8 Å². The van der Waals surface area contributed by atoms with Crippen molar-refractivity contribution in [3.63, 3.8) is 0 Å². The largest absolute Gasteiger partial charge is 0.335 e. The first-order valence-corrected chi connectivity index (χ1v) is 11.6. The minimum Gasteiger partial charge on any atom is -0.335 e. The molecule has 0 unspecified atom stereocenters. The van der Waals surface area contributed by atoms with Crippen LogP contribution in [0.4, 0.5) is 4.39 Å². The molecule has 4 rings (SSSR count). The summed E-state index contributed by atoms with van der Waals surface area (Å²) in [6.45, 7) is 2.76. The minimum absolute atomic E-state index is 0.0730. The fourth-order valence-electron chi connectivity index (χ4n) is 3.47. The Bertz CT molecular complexity index is 1200. The zero-order valence-electron chi connectivity index (χ0n) is 15.6. The zero-order chi connectivity index (χ0) is 20.8. The first-order valence-electron chi connectivity index (χ1n) is 9.01. The molecule has 5 nitrogen and oxygen atoms in total. The fourth-order valence-corrected chi connectivity index (χ4v) is 6.54. The molecule has 3 aromatic rings. The highest BCUT2D eigenvalue weighted by Crippen LogP contribution is 2.33. The van der Waals surface area contributed by atoms with Crippen molar-refractivity contribution in [2.45, 2.75) is 11.8 Å². The number of hydrogen-bond acceptors (Lipinski definition) is 4. The predicted octanol–water partition coefficient (Wildman–Crippen LogP) is 4.15. The third-order valence-corrected chi connectivity index (χ3v) is 8.73. The molecule has 1 aromatic heterocycles. The van der Waals surface area contributed by atoms with E-state index in [2.05, 4.69) is 0 Å². The quantitative estimate of drug-likeness (QED) is 0.599. The van der Waals surface area contributed by atoms with E-state index in [-0.39, 0.29) is 47.8 Å². The Labute approximate surface area is 177 Å². The number of sulfonamides is 1. The van der Waals surface area contributed by atoms with Crippen LogP contribution in [0.1, 0.15) is 15.2 Å². The predicted molar refractivity (Wildman–Crippen MR) is 113 cm³/mol. The highest BCUT2D eigenvalue weighted by atomic mass is 35.5. The van der Waals surface area contributed by atoms with Crippen molar-refractivity contribution in [1.29, 1.82) is 0 Å². The number of hydrogen-bond donors (Lipinski definition) is 0. The second-order valence-corrected chi connectivity index (χ2v) is 10.2. The highest BCUT2D eigenvalue weighted by molar-refractivity contribution is 7.89. The summed E-state index contributed by atoms with van der Waals surface area (Å²) >= 11 is 7.39. The summed E-state index contributed by atoms with van der Waals surface area (Å²) in [6, 6.07) is 10.8. The average Bonchev–Trinajstić information content (AvgIpc) is 3.04. The molecule has 0 radical (unpaired) electrons. The lowest BCUT2D eigenvalue weighted by atomic mass is 10.1. The molecule has 1 amide bonds. The van der Waals surface area contributed by atoms with Crippen LogP contribution < -0.4 is 0 Å². The maximum atomic E-state index is 13.5. The van der Waals surface area contributed by atoms with E-state index in [1.54, 1.807) is 29.2 Å². The third kappa shape index (κ3) is 3.66. The molecule has 0 spiro atoms. The Hall–Kier alpha value is -2.00. The second kappa shape index (κ2) is 7.68. The topological polar surface area (TPSA) is 57.7 Å². The number of aryl methyl sites for hydroxylation is 1. The van der Waals surface area contributed by atoms with Crippen LogP contribution in [0.15, 0.2) is 47.4 Å².